The van der Waals surface area contributed by atoms with E-state index in [4.69, 9.17) is 9.47 Å². The van der Waals surface area contributed by atoms with E-state index in [0.29, 0.717) is 0 Å². The molecule has 1 atom stereocenters. The predicted molar refractivity (Wildman–Crippen MR) is 79.2 cm³/mol. The highest BCUT2D eigenvalue weighted by Crippen LogP contribution is 2.31. The second kappa shape index (κ2) is 5.61. The van der Waals surface area contributed by atoms with Crippen molar-refractivity contribution < 1.29 is 19.1 Å². The van der Waals surface area contributed by atoms with E-state index in [1.807, 2.05) is 13.8 Å². The van der Waals surface area contributed by atoms with Gasteiger partial charge in [-0.1, -0.05) is 33.5 Å². The summed E-state index contributed by atoms with van der Waals surface area (Å²) >= 11 is 0. The van der Waals surface area contributed by atoms with Gasteiger partial charge in [0.15, 0.2) is 5.92 Å². The molecule has 0 aromatic carbocycles. The average molecular weight is 296 g/mol. The Bertz CT molecular complexity index is 442. The van der Waals surface area contributed by atoms with Crippen molar-refractivity contribution >= 4 is 20.0 Å². The number of carbonyl (C=O) groups is 2. The second-order valence-electron chi connectivity index (χ2n) is 7.01. The first kappa shape index (κ1) is 16.8. The lowest BCUT2D eigenvalue weighted by molar-refractivity contribution is -0.242. The third-order valence-electron chi connectivity index (χ3n) is 2.89. The molecule has 1 rings (SSSR count). The first-order valence-corrected chi connectivity index (χ1v) is 10.4. The molecular formula is C15H24O4Si. The maximum atomic E-state index is 12.1. The van der Waals surface area contributed by atoms with E-state index in [1.54, 1.807) is 13.8 Å². The first-order chi connectivity index (χ1) is 8.93. The van der Waals surface area contributed by atoms with Crippen LogP contribution in [0, 0.1) is 29.2 Å². The van der Waals surface area contributed by atoms with Crippen LogP contribution in [0.25, 0.3) is 0 Å². The molecular weight excluding hydrogens is 272 g/mol. The van der Waals surface area contributed by atoms with E-state index in [0.717, 1.165) is 0 Å². The molecule has 0 radical (unpaired) electrons. The highest BCUT2D eigenvalue weighted by molar-refractivity contribution is 6.83. The summed E-state index contributed by atoms with van der Waals surface area (Å²) < 4.78 is 10.4. The van der Waals surface area contributed by atoms with Gasteiger partial charge in [0.1, 0.15) is 8.07 Å². The minimum atomic E-state index is -1.57. The molecule has 20 heavy (non-hydrogen) atoms. The Labute approximate surface area is 122 Å². The molecule has 0 aromatic rings. The Morgan fingerprint density at radius 2 is 1.55 bits per heavy atom. The van der Waals surface area contributed by atoms with Crippen LogP contribution >= 0.6 is 0 Å². The predicted octanol–water partition coefficient (Wildman–Crippen LogP) is 2.59. The number of ether oxygens (including phenoxy) is 2. The molecule has 5 heteroatoms. The van der Waals surface area contributed by atoms with E-state index >= 15 is 0 Å². The molecule has 0 spiro atoms. The summed E-state index contributed by atoms with van der Waals surface area (Å²) in [6.45, 7) is 13.4. The average Bonchev–Trinajstić information content (AvgIpc) is 2.17. The van der Waals surface area contributed by atoms with E-state index < -0.39 is 31.7 Å². The van der Waals surface area contributed by atoms with E-state index in [-0.39, 0.29) is 11.8 Å². The topological polar surface area (TPSA) is 52.6 Å². The lowest BCUT2D eigenvalue weighted by Gasteiger charge is -2.35. The Balaban J connectivity index is 3.06. The zero-order valence-electron chi connectivity index (χ0n) is 13.4. The van der Waals surface area contributed by atoms with E-state index in [1.165, 1.54) is 0 Å². The molecule has 0 amide bonds. The van der Waals surface area contributed by atoms with Gasteiger partial charge in [0, 0.05) is 19.8 Å². The molecule has 1 heterocycles. The van der Waals surface area contributed by atoms with Crippen LogP contribution in [-0.4, -0.2) is 25.8 Å². The monoisotopic (exact) mass is 296 g/mol. The normalized spacial score (nSPS) is 20.8. The van der Waals surface area contributed by atoms with Gasteiger partial charge in [-0.2, -0.15) is 0 Å². The smallest absolute Gasteiger partial charge is 0.324 e. The molecule has 1 aliphatic heterocycles. The van der Waals surface area contributed by atoms with Gasteiger partial charge in [0.05, 0.1) is 0 Å². The molecule has 1 aliphatic rings. The Morgan fingerprint density at radius 3 is 1.90 bits per heavy atom. The van der Waals surface area contributed by atoms with Crippen molar-refractivity contribution in [3.8, 4) is 11.5 Å². The fourth-order valence-electron chi connectivity index (χ4n) is 1.96. The third kappa shape index (κ3) is 4.38. The molecule has 0 aliphatic carbocycles. The van der Waals surface area contributed by atoms with Crippen molar-refractivity contribution in [2.75, 3.05) is 0 Å². The van der Waals surface area contributed by atoms with Gasteiger partial charge in [-0.05, 0) is 5.92 Å². The maximum Gasteiger partial charge on any atom is 0.324 e. The van der Waals surface area contributed by atoms with Crippen molar-refractivity contribution in [1.82, 2.24) is 0 Å². The SMILES string of the molecule is CC(C)[C@@H](C#C[Si](C)(C)C)C1C(=O)OC(C)(C)OC1=O. The number of hydrogen-bond donors (Lipinski definition) is 0. The minimum Gasteiger partial charge on any atom is -0.422 e. The van der Waals surface area contributed by atoms with Crippen LogP contribution in [0.4, 0.5) is 0 Å². The number of rotatable bonds is 2. The number of hydrogen-bond acceptors (Lipinski definition) is 4. The van der Waals surface area contributed by atoms with Crippen molar-refractivity contribution in [2.45, 2.75) is 53.1 Å². The van der Waals surface area contributed by atoms with Crippen LogP contribution in [0.3, 0.4) is 0 Å². The molecule has 0 N–H and O–H groups in total. The molecule has 1 fully saturated rings. The van der Waals surface area contributed by atoms with Crippen LogP contribution in [0.2, 0.25) is 19.6 Å². The number of carbonyl (C=O) groups excluding carboxylic acids is 2. The first-order valence-electron chi connectivity index (χ1n) is 6.91. The highest BCUT2D eigenvalue weighted by Gasteiger charge is 2.47. The van der Waals surface area contributed by atoms with Crippen molar-refractivity contribution in [2.24, 2.45) is 17.8 Å². The van der Waals surface area contributed by atoms with Crippen LogP contribution in [0.15, 0.2) is 0 Å². The summed E-state index contributed by atoms with van der Waals surface area (Å²) in [5.74, 6) is -0.347. The number of cyclic esters (lactones) is 2. The van der Waals surface area contributed by atoms with E-state index in [9.17, 15) is 9.59 Å². The molecule has 0 saturated carbocycles. The standard InChI is InChI=1S/C15H24O4Si/c1-10(2)11(8-9-20(5,6)7)12-13(16)18-15(3,4)19-14(12)17/h10-12H,1-7H3/t11-/m1/s1. The molecule has 4 nitrogen and oxygen atoms in total. The summed E-state index contributed by atoms with van der Waals surface area (Å²) in [5.41, 5.74) is 3.24. The fourth-order valence-corrected chi connectivity index (χ4v) is 2.56. The lowest BCUT2D eigenvalue weighted by atomic mass is 9.83. The Morgan fingerprint density at radius 1 is 1.10 bits per heavy atom. The Kier molecular flexibility index (Phi) is 4.70. The highest BCUT2D eigenvalue weighted by atomic mass is 28.3. The number of esters is 2. The van der Waals surface area contributed by atoms with Crippen molar-refractivity contribution in [3.05, 3.63) is 0 Å². The van der Waals surface area contributed by atoms with Crippen LogP contribution < -0.4 is 0 Å². The van der Waals surface area contributed by atoms with Crippen molar-refractivity contribution in [3.63, 3.8) is 0 Å². The molecule has 0 bridgehead atoms. The van der Waals surface area contributed by atoms with Gasteiger partial charge in [-0.15, -0.1) is 11.5 Å². The van der Waals surface area contributed by atoms with Gasteiger partial charge in [0.25, 0.3) is 5.79 Å². The fraction of sp³-hybridized carbons (Fsp3) is 0.733. The summed E-state index contributed by atoms with van der Waals surface area (Å²) in [6.07, 6.45) is 0. The van der Waals surface area contributed by atoms with Crippen LogP contribution in [0.5, 0.6) is 0 Å². The summed E-state index contributed by atoms with van der Waals surface area (Å²) in [6, 6.07) is 0. The minimum absolute atomic E-state index is 0.0742. The largest absolute Gasteiger partial charge is 0.422 e. The zero-order chi connectivity index (χ0) is 15.7. The molecule has 0 unspecified atom stereocenters. The van der Waals surface area contributed by atoms with Gasteiger partial charge in [-0.25, -0.2) is 0 Å². The maximum absolute atomic E-state index is 12.1. The molecule has 0 aromatic heterocycles. The van der Waals surface area contributed by atoms with Gasteiger partial charge in [-0.3, -0.25) is 9.59 Å². The summed E-state index contributed by atoms with van der Waals surface area (Å²) in [5, 5.41) is 0. The van der Waals surface area contributed by atoms with Crippen LogP contribution in [0.1, 0.15) is 27.7 Å². The Hall–Kier alpha value is -1.28. The van der Waals surface area contributed by atoms with Gasteiger partial charge in [0.2, 0.25) is 0 Å². The summed E-state index contributed by atoms with van der Waals surface area (Å²) in [7, 11) is -1.57. The summed E-state index contributed by atoms with van der Waals surface area (Å²) in [4.78, 5) is 24.2. The van der Waals surface area contributed by atoms with Crippen molar-refractivity contribution in [1.29, 1.82) is 0 Å². The third-order valence-corrected chi connectivity index (χ3v) is 3.79. The second-order valence-corrected chi connectivity index (χ2v) is 11.8. The lowest BCUT2D eigenvalue weighted by Crippen LogP contribution is -2.49. The molecule has 1 saturated heterocycles. The van der Waals surface area contributed by atoms with E-state index in [2.05, 4.69) is 31.1 Å². The van der Waals surface area contributed by atoms with Gasteiger partial charge >= 0.3 is 11.9 Å². The quantitative estimate of drug-likeness (QED) is 0.340. The van der Waals surface area contributed by atoms with Crippen LogP contribution in [-0.2, 0) is 19.1 Å². The van der Waals surface area contributed by atoms with Gasteiger partial charge < -0.3 is 9.47 Å². The zero-order valence-corrected chi connectivity index (χ0v) is 14.4. The molecule has 112 valence electrons.